The Balaban J connectivity index is 2.30. The molecule has 5 heteroatoms. The Morgan fingerprint density at radius 3 is 2.71 bits per heavy atom. The van der Waals surface area contributed by atoms with Crippen LogP contribution in [-0.2, 0) is 0 Å². The standard InChI is InChI=1S/C9H16N4O/c1-12-5-3-4-9(6-12)7(10)11-8(14)13(9)2/h3-6H2,1-2H3,(H2,10,11,14). The van der Waals surface area contributed by atoms with Gasteiger partial charge in [0, 0.05) is 13.6 Å². The van der Waals surface area contributed by atoms with Crippen LogP contribution in [0.4, 0.5) is 4.79 Å². The Labute approximate surface area is 83.6 Å². The van der Waals surface area contributed by atoms with Gasteiger partial charge in [-0.1, -0.05) is 0 Å². The number of hydrogen-bond acceptors (Lipinski definition) is 3. The van der Waals surface area contributed by atoms with E-state index in [1.165, 1.54) is 0 Å². The SMILES string of the molecule is CN1CCCC2(C1)C(N)=NC(=O)N2C. The van der Waals surface area contributed by atoms with Gasteiger partial charge < -0.3 is 15.5 Å². The molecular weight excluding hydrogens is 180 g/mol. The molecule has 0 aromatic heterocycles. The average Bonchev–Trinajstić information content (AvgIpc) is 2.32. The fourth-order valence-electron chi connectivity index (χ4n) is 2.37. The highest BCUT2D eigenvalue weighted by Gasteiger charge is 2.48. The molecular formula is C9H16N4O. The summed E-state index contributed by atoms with van der Waals surface area (Å²) >= 11 is 0. The number of aliphatic imine (C=N–C) groups is 1. The topological polar surface area (TPSA) is 61.9 Å². The minimum Gasteiger partial charge on any atom is -0.385 e. The number of likely N-dealkylation sites (N-methyl/N-ethyl adjacent to an activating group) is 2. The first-order chi connectivity index (χ1) is 6.56. The Hall–Kier alpha value is -1.10. The summed E-state index contributed by atoms with van der Waals surface area (Å²) in [6, 6.07) is -0.210. The first-order valence-electron chi connectivity index (χ1n) is 4.87. The summed E-state index contributed by atoms with van der Waals surface area (Å²) in [6.45, 7) is 1.86. The van der Waals surface area contributed by atoms with Crippen molar-refractivity contribution in [2.75, 3.05) is 27.2 Å². The molecule has 2 aliphatic heterocycles. The summed E-state index contributed by atoms with van der Waals surface area (Å²) in [5, 5.41) is 0. The number of amidine groups is 1. The quantitative estimate of drug-likeness (QED) is 0.587. The van der Waals surface area contributed by atoms with Gasteiger partial charge in [0.05, 0.1) is 0 Å². The summed E-state index contributed by atoms with van der Waals surface area (Å²) < 4.78 is 0. The van der Waals surface area contributed by atoms with Gasteiger partial charge in [-0.25, -0.2) is 4.79 Å². The highest BCUT2D eigenvalue weighted by molar-refractivity contribution is 6.05. The van der Waals surface area contributed by atoms with E-state index < -0.39 is 0 Å². The van der Waals surface area contributed by atoms with Crippen LogP contribution in [0.15, 0.2) is 4.99 Å². The second-order valence-corrected chi connectivity index (χ2v) is 4.21. The minimum absolute atomic E-state index is 0.210. The molecule has 5 nitrogen and oxygen atoms in total. The maximum atomic E-state index is 11.4. The van der Waals surface area contributed by atoms with E-state index in [9.17, 15) is 4.79 Å². The van der Waals surface area contributed by atoms with Crippen molar-refractivity contribution >= 4 is 11.9 Å². The van der Waals surface area contributed by atoms with Crippen molar-refractivity contribution in [1.29, 1.82) is 0 Å². The highest BCUT2D eigenvalue weighted by Crippen LogP contribution is 2.30. The van der Waals surface area contributed by atoms with Crippen molar-refractivity contribution < 1.29 is 4.79 Å². The van der Waals surface area contributed by atoms with E-state index in [1.807, 2.05) is 7.05 Å². The normalized spacial score (nSPS) is 34.0. The van der Waals surface area contributed by atoms with E-state index in [0.29, 0.717) is 5.84 Å². The number of nitrogens with zero attached hydrogens (tertiary/aromatic N) is 3. The number of carbonyl (C=O) groups is 1. The maximum Gasteiger partial charge on any atom is 0.345 e. The molecule has 2 amide bonds. The van der Waals surface area contributed by atoms with Gasteiger partial charge in [0.1, 0.15) is 11.4 Å². The Morgan fingerprint density at radius 2 is 2.21 bits per heavy atom. The van der Waals surface area contributed by atoms with Crippen LogP contribution in [0.1, 0.15) is 12.8 Å². The van der Waals surface area contributed by atoms with Crippen molar-refractivity contribution in [1.82, 2.24) is 9.80 Å². The molecule has 0 aromatic carbocycles. The van der Waals surface area contributed by atoms with Crippen molar-refractivity contribution in [2.45, 2.75) is 18.4 Å². The van der Waals surface area contributed by atoms with Crippen LogP contribution >= 0.6 is 0 Å². The zero-order chi connectivity index (χ0) is 10.3. The van der Waals surface area contributed by atoms with E-state index in [4.69, 9.17) is 5.73 Å². The van der Waals surface area contributed by atoms with Gasteiger partial charge >= 0.3 is 6.03 Å². The van der Waals surface area contributed by atoms with Gasteiger partial charge in [0.15, 0.2) is 0 Å². The van der Waals surface area contributed by atoms with Gasteiger partial charge in [-0.2, -0.15) is 4.99 Å². The summed E-state index contributed by atoms with van der Waals surface area (Å²) in [5.41, 5.74) is 5.52. The molecule has 2 N–H and O–H groups in total. The van der Waals surface area contributed by atoms with Crippen LogP contribution in [0.25, 0.3) is 0 Å². The molecule has 0 aromatic rings. The third-order valence-corrected chi connectivity index (χ3v) is 3.28. The zero-order valence-electron chi connectivity index (χ0n) is 8.66. The fraction of sp³-hybridized carbons (Fsp3) is 0.778. The molecule has 1 fully saturated rings. The largest absolute Gasteiger partial charge is 0.385 e. The van der Waals surface area contributed by atoms with Gasteiger partial charge in [-0.05, 0) is 26.4 Å². The lowest BCUT2D eigenvalue weighted by Crippen LogP contribution is -2.61. The number of urea groups is 1. The summed E-state index contributed by atoms with van der Waals surface area (Å²) in [6.07, 6.45) is 1.99. The van der Waals surface area contributed by atoms with Crippen LogP contribution in [0.3, 0.4) is 0 Å². The average molecular weight is 196 g/mol. The fourth-order valence-corrected chi connectivity index (χ4v) is 2.37. The minimum atomic E-state index is -0.329. The number of amides is 2. The van der Waals surface area contributed by atoms with E-state index in [2.05, 4.69) is 9.89 Å². The molecule has 0 aliphatic carbocycles. The molecule has 2 aliphatic rings. The Morgan fingerprint density at radius 1 is 1.50 bits per heavy atom. The van der Waals surface area contributed by atoms with Crippen molar-refractivity contribution in [2.24, 2.45) is 10.7 Å². The lowest BCUT2D eigenvalue weighted by Gasteiger charge is -2.42. The predicted octanol–water partition coefficient (Wildman–Crippen LogP) is -0.127. The Kier molecular flexibility index (Phi) is 1.99. The second-order valence-electron chi connectivity index (χ2n) is 4.21. The molecule has 0 saturated carbocycles. The Bertz CT molecular complexity index is 301. The van der Waals surface area contributed by atoms with Crippen LogP contribution in [-0.4, -0.2) is 54.4 Å². The number of nitrogens with two attached hydrogens (primary N) is 1. The lowest BCUT2D eigenvalue weighted by molar-refractivity contribution is 0.120. The molecule has 1 unspecified atom stereocenters. The van der Waals surface area contributed by atoms with E-state index in [0.717, 1.165) is 25.9 Å². The predicted molar refractivity (Wildman–Crippen MR) is 54.2 cm³/mol. The summed E-state index contributed by atoms with van der Waals surface area (Å²) in [4.78, 5) is 19.1. The van der Waals surface area contributed by atoms with E-state index in [1.54, 1.807) is 11.9 Å². The number of carbonyl (C=O) groups excluding carboxylic acids is 1. The number of piperidine rings is 1. The number of hydrogen-bond donors (Lipinski definition) is 1. The van der Waals surface area contributed by atoms with Crippen LogP contribution < -0.4 is 5.73 Å². The first-order valence-corrected chi connectivity index (χ1v) is 4.87. The first kappa shape index (κ1) is 9.45. The van der Waals surface area contributed by atoms with Gasteiger partial charge in [-0.3, -0.25) is 0 Å². The van der Waals surface area contributed by atoms with E-state index in [-0.39, 0.29) is 11.6 Å². The van der Waals surface area contributed by atoms with Gasteiger partial charge in [0.2, 0.25) is 0 Å². The molecule has 0 bridgehead atoms. The molecule has 14 heavy (non-hydrogen) atoms. The molecule has 2 rings (SSSR count). The van der Waals surface area contributed by atoms with Crippen LogP contribution in [0.5, 0.6) is 0 Å². The smallest absolute Gasteiger partial charge is 0.345 e. The summed E-state index contributed by atoms with van der Waals surface area (Å²) in [5.74, 6) is 0.483. The van der Waals surface area contributed by atoms with Crippen molar-refractivity contribution in [3.05, 3.63) is 0 Å². The highest BCUT2D eigenvalue weighted by atomic mass is 16.2. The van der Waals surface area contributed by atoms with Gasteiger partial charge in [-0.15, -0.1) is 0 Å². The lowest BCUT2D eigenvalue weighted by atomic mass is 9.87. The second kappa shape index (κ2) is 2.95. The molecule has 1 saturated heterocycles. The van der Waals surface area contributed by atoms with Crippen molar-refractivity contribution in [3.8, 4) is 0 Å². The molecule has 1 atom stereocenters. The number of rotatable bonds is 0. The van der Waals surface area contributed by atoms with E-state index >= 15 is 0 Å². The molecule has 78 valence electrons. The zero-order valence-corrected chi connectivity index (χ0v) is 8.66. The van der Waals surface area contributed by atoms with Crippen LogP contribution in [0.2, 0.25) is 0 Å². The van der Waals surface area contributed by atoms with Crippen LogP contribution in [0, 0.1) is 0 Å². The third kappa shape index (κ3) is 1.12. The number of likely N-dealkylation sites (tertiary alicyclic amines) is 1. The maximum absolute atomic E-state index is 11.4. The van der Waals surface area contributed by atoms with Gasteiger partial charge in [0.25, 0.3) is 0 Å². The molecule has 2 heterocycles. The third-order valence-electron chi connectivity index (χ3n) is 3.28. The van der Waals surface area contributed by atoms with Crippen molar-refractivity contribution in [3.63, 3.8) is 0 Å². The molecule has 1 spiro atoms. The summed E-state index contributed by atoms with van der Waals surface area (Å²) in [7, 11) is 3.83. The monoisotopic (exact) mass is 196 g/mol. The molecule has 0 radical (unpaired) electrons.